The van der Waals surface area contributed by atoms with E-state index in [0.29, 0.717) is 13.0 Å². The summed E-state index contributed by atoms with van der Waals surface area (Å²) in [5.74, 6) is -1.54. The first-order valence-electron chi connectivity index (χ1n) is 3.77. The van der Waals surface area contributed by atoms with Gasteiger partial charge >= 0.3 is 5.97 Å². The van der Waals surface area contributed by atoms with Crippen LogP contribution >= 0.6 is 0 Å². The minimum absolute atomic E-state index is 0.270. The van der Waals surface area contributed by atoms with Gasteiger partial charge in [0.05, 0.1) is 6.10 Å². The van der Waals surface area contributed by atoms with Gasteiger partial charge in [-0.25, -0.2) is 0 Å². The summed E-state index contributed by atoms with van der Waals surface area (Å²) in [4.78, 5) is 22.5. The zero-order valence-electron chi connectivity index (χ0n) is 6.56. The third-order valence-electron chi connectivity index (χ3n) is 1.82. The first-order valence-corrected chi connectivity index (χ1v) is 3.77. The molecule has 1 amide bonds. The predicted octanol–water partition coefficient (Wildman–Crippen LogP) is -0.946. The zero-order chi connectivity index (χ0) is 9.14. The number of hydrogen-bond acceptors (Lipinski definition) is 3. The van der Waals surface area contributed by atoms with Crippen molar-refractivity contribution in [1.29, 1.82) is 0 Å². The minimum Gasteiger partial charge on any atom is -0.481 e. The fourth-order valence-corrected chi connectivity index (χ4v) is 1.21. The molecule has 1 unspecified atom stereocenters. The molecule has 1 aliphatic heterocycles. The number of carboxylic acids is 1. The monoisotopic (exact) mass is 173 g/mol. The average molecular weight is 173 g/mol. The van der Waals surface area contributed by atoms with Gasteiger partial charge < -0.3 is 15.1 Å². The Kier molecular flexibility index (Phi) is 2.65. The van der Waals surface area contributed by atoms with E-state index < -0.39 is 24.4 Å². The van der Waals surface area contributed by atoms with E-state index in [9.17, 15) is 9.59 Å². The Morgan fingerprint density at radius 3 is 2.58 bits per heavy atom. The van der Waals surface area contributed by atoms with Crippen molar-refractivity contribution in [2.75, 3.05) is 13.1 Å². The molecule has 0 aromatic heterocycles. The largest absolute Gasteiger partial charge is 0.481 e. The molecular formula is C7H11NO4. The van der Waals surface area contributed by atoms with Gasteiger partial charge in [0.1, 0.15) is 6.42 Å². The molecule has 0 aromatic carbocycles. The van der Waals surface area contributed by atoms with Crippen LogP contribution in [-0.2, 0) is 9.59 Å². The van der Waals surface area contributed by atoms with Crippen molar-refractivity contribution >= 4 is 11.9 Å². The van der Waals surface area contributed by atoms with Crippen molar-refractivity contribution in [3.63, 3.8) is 0 Å². The number of aliphatic hydroxyl groups is 1. The van der Waals surface area contributed by atoms with Crippen molar-refractivity contribution < 1.29 is 19.8 Å². The molecule has 5 heteroatoms. The van der Waals surface area contributed by atoms with Crippen molar-refractivity contribution in [2.24, 2.45) is 0 Å². The molecule has 0 bridgehead atoms. The first-order chi connectivity index (χ1) is 5.59. The predicted molar refractivity (Wildman–Crippen MR) is 39.5 cm³/mol. The van der Waals surface area contributed by atoms with E-state index in [4.69, 9.17) is 10.2 Å². The van der Waals surface area contributed by atoms with Crippen LogP contribution in [0.4, 0.5) is 0 Å². The number of carbonyl (C=O) groups is 2. The van der Waals surface area contributed by atoms with Gasteiger partial charge in [-0.1, -0.05) is 0 Å². The normalized spacial score (nSPS) is 22.8. The Hall–Kier alpha value is -1.10. The molecular weight excluding hydrogens is 162 g/mol. The number of carbonyl (C=O) groups excluding carboxylic acids is 1. The number of β-amino-alcohol motifs (C(OH)–C–C–N with tert-alkyl or cyclic N) is 1. The number of likely N-dealkylation sites (tertiary alicyclic amines) is 1. The van der Waals surface area contributed by atoms with Gasteiger partial charge in [-0.15, -0.1) is 0 Å². The summed E-state index contributed by atoms with van der Waals surface area (Å²) in [6, 6.07) is 0. The smallest absolute Gasteiger partial charge is 0.312 e. The zero-order valence-corrected chi connectivity index (χ0v) is 6.56. The average Bonchev–Trinajstić information content (AvgIpc) is 2.34. The summed E-state index contributed by atoms with van der Waals surface area (Å²) < 4.78 is 0. The molecule has 1 atom stereocenters. The van der Waals surface area contributed by atoms with Crippen LogP contribution in [0.25, 0.3) is 0 Å². The molecule has 1 fully saturated rings. The third kappa shape index (κ3) is 2.20. The lowest BCUT2D eigenvalue weighted by atomic mass is 10.3. The molecule has 0 aliphatic carbocycles. The molecule has 1 rings (SSSR count). The number of nitrogens with zero attached hydrogens (tertiary/aromatic N) is 1. The van der Waals surface area contributed by atoms with Crippen molar-refractivity contribution in [1.82, 2.24) is 4.90 Å². The lowest BCUT2D eigenvalue weighted by Gasteiger charge is -2.13. The van der Waals surface area contributed by atoms with E-state index in [-0.39, 0.29) is 6.54 Å². The van der Waals surface area contributed by atoms with Crippen LogP contribution < -0.4 is 0 Å². The van der Waals surface area contributed by atoms with E-state index >= 15 is 0 Å². The van der Waals surface area contributed by atoms with Gasteiger partial charge in [0, 0.05) is 13.1 Å². The summed E-state index contributed by atoms with van der Waals surface area (Å²) in [5, 5.41) is 17.3. The molecule has 1 heterocycles. The van der Waals surface area contributed by atoms with Gasteiger partial charge in [0.15, 0.2) is 0 Å². The second kappa shape index (κ2) is 3.53. The van der Waals surface area contributed by atoms with Crippen molar-refractivity contribution in [3.8, 4) is 0 Å². The lowest BCUT2D eigenvalue weighted by Crippen LogP contribution is -2.30. The minimum atomic E-state index is -1.12. The standard InChI is InChI=1S/C7H11NO4/c9-5-1-2-8(4-5)6(10)3-7(11)12/h5,9H,1-4H2,(H,11,12). The maximum atomic E-state index is 11.0. The molecule has 0 aromatic rings. The highest BCUT2D eigenvalue weighted by atomic mass is 16.4. The van der Waals surface area contributed by atoms with Crippen molar-refractivity contribution in [3.05, 3.63) is 0 Å². The molecule has 1 aliphatic rings. The quantitative estimate of drug-likeness (QED) is 0.528. The van der Waals surface area contributed by atoms with E-state index in [1.807, 2.05) is 0 Å². The fraction of sp³-hybridized carbons (Fsp3) is 0.714. The summed E-state index contributed by atoms with van der Waals surface area (Å²) >= 11 is 0. The number of amides is 1. The Bertz CT molecular complexity index is 204. The molecule has 2 N–H and O–H groups in total. The third-order valence-corrected chi connectivity index (χ3v) is 1.82. The Morgan fingerprint density at radius 1 is 1.50 bits per heavy atom. The number of aliphatic hydroxyl groups excluding tert-OH is 1. The SMILES string of the molecule is O=C(O)CC(=O)N1CCC(O)C1. The first kappa shape index (κ1) is 8.99. The highest BCUT2D eigenvalue weighted by Gasteiger charge is 2.25. The Morgan fingerprint density at radius 2 is 2.17 bits per heavy atom. The molecule has 5 nitrogen and oxygen atoms in total. The Balaban J connectivity index is 2.38. The summed E-state index contributed by atoms with van der Waals surface area (Å²) in [7, 11) is 0. The van der Waals surface area contributed by atoms with Gasteiger partial charge in [0.25, 0.3) is 0 Å². The number of carboxylic acid groups (broad SMARTS) is 1. The second-order valence-electron chi connectivity index (χ2n) is 2.85. The van der Waals surface area contributed by atoms with E-state index in [1.54, 1.807) is 0 Å². The van der Waals surface area contributed by atoms with Crippen LogP contribution in [0.1, 0.15) is 12.8 Å². The topological polar surface area (TPSA) is 77.8 Å². The lowest BCUT2D eigenvalue weighted by molar-refractivity contribution is -0.143. The number of hydrogen-bond donors (Lipinski definition) is 2. The van der Waals surface area contributed by atoms with Gasteiger partial charge in [-0.05, 0) is 6.42 Å². The highest BCUT2D eigenvalue weighted by molar-refractivity contribution is 5.93. The number of rotatable bonds is 2. The van der Waals surface area contributed by atoms with Crippen LogP contribution in [-0.4, -0.2) is 46.2 Å². The molecule has 0 spiro atoms. The van der Waals surface area contributed by atoms with Crippen LogP contribution in [0.15, 0.2) is 0 Å². The number of aliphatic carboxylic acids is 1. The molecule has 12 heavy (non-hydrogen) atoms. The summed E-state index contributed by atoms with van der Waals surface area (Å²) in [6.07, 6.45) is -0.416. The molecule has 0 saturated carbocycles. The van der Waals surface area contributed by atoms with Gasteiger partial charge in [-0.3, -0.25) is 9.59 Å². The van der Waals surface area contributed by atoms with Gasteiger partial charge in [-0.2, -0.15) is 0 Å². The fourth-order valence-electron chi connectivity index (χ4n) is 1.21. The molecule has 1 saturated heterocycles. The van der Waals surface area contributed by atoms with Gasteiger partial charge in [0.2, 0.25) is 5.91 Å². The van der Waals surface area contributed by atoms with Crippen LogP contribution in [0.2, 0.25) is 0 Å². The van der Waals surface area contributed by atoms with Crippen LogP contribution in [0.3, 0.4) is 0 Å². The van der Waals surface area contributed by atoms with Crippen molar-refractivity contribution in [2.45, 2.75) is 18.9 Å². The second-order valence-corrected chi connectivity index (χ2v) is 2.85. The summed E-state index contributed by atoms with van der Waals surface area (Å²) in [5.41, 5.74) is 0. The molecule has 68 valence electrons. The van der Waals surface area contributed by atoms with Crippen LogP contribution in [0, 0.1) is 0 Å². The summed E-state index contributed by atoms with van der Waals surface area (Å²) in [6.45, 7) is 0.736. The highest BCUT2D eigenvalue weighted by Crippen LogP contribution is 2.09. The van der Waals surface area contributed by atoms with E-state index in [2.05, 4.69) is 0 Å². The maximum Gasteiger partial charge on any atom is 0.312 e. The van der Waals surface area contributed by atoms with Crippen LogP contribution in [0.5, 0.6) is 0 Å². The Labute approximate surface area is 69.6 Å². The maximum absolute atomic E-state index is 11.0. The van der Waals surface area contributed by atoms with E-state index in [1.165, 1.54) is 4.90 Å². The van der Waals surface area contributed by atoms with E-state index in [0.717, 1.165) is 0 Å². The molecule has 0 radical (unpaired) electrons.